The number of carbonyl (C=O) groups excluding carboxylic acids is 1. The number of anilines is 1. The van der Waals surface area contributed by atoms with E-state index in [4.69, 9.17) is 4.99 Å². The monoisotopic (exact) mass is 400 g/mol. The van der Waals surface area contributed by atoms with E-state index in [1.165, 1.54) is 4.88 Å². The van der Waals surface area contributed by atoms with Gasteiger partial charge in [-0.15, -0.1) is 11.3 Å². The van der Waals surface area contributed by atoms with Crippen LogP contribution in [0.1, 0.15) is 28.1 Å². The van der Waals surface area contributed by atoms with Crippen molar-refractivity contribution in [2.24, 2.45) is 4.99 Å². The second kappa shape index (κ2) is 9.54. The van der Waals surface area contributed by atoms with E-state index in [2.05, 4.69) is 57.0 Å². The average molecular weight is 401 g/mol. The van der Waals surface area contributed by atoms with Crippen LogP contribution in [0.25, 0.3) is 0 Å². The molecule has 0 saturated carbocycles. The second-order valence-corrected chi connectivity index (χ2v) is 8.02. The summed E-state index contributed by atoms with van der Waals surface area (Å²) in [4.78, 5) is 24.0. The highest BCUT2D eigenvalue weighted by Crippen LogP contribution is 2.17. The maximum Gasteiger partial charge on any atom is 0.239 e. The predicted octanol–water partition coefficient (Wildman–Crippen LogP) is 1.95. The number of thiazole rings is 1. The van der Waals surface area contributed by atoms with Crippen molar-refractivity contribution in [3.05, 3.63) is 45.4 Å². The highest BCUT2D eigenvalue weighted by Gasteiger charge is 2.16. The van der Waals surface area contributed by atoms with Crippen LogP contribution in [0.5, 0.6) is 0 Å². The molecule has 3 N–H and O–H groups in total. The Bertz CT molecular complexity index is 830. The topological polar surface area (TPSA) is 81.7 Å². The fourth-order valence-corrected chi connectivity index (χ4v) is 3.96. The molecule has 1 aliphatic rings. The van der Waals surface area contributed by atoms with Crippen LogP contribution in [0.3, 0.4) is 0 Å². The summed E-state index contributed by atoms with van der Waals surface area (Å²) in [5, 5.41) is 10.6. The number of amides is 1. The minimum absolute atomic E-state index is 0.0765. The SMILES string of the molecule is CCNC(=NCc1ccc(N2CCNC(=O)C2)cc1)NCc1sc(C)nc1C. The summed E-state index contributed by atoms with van der Waals surface area (Å²) in [5.74, 6) is 0.873. The van der Waals surface area contributed by atoms with E-state index in [9.17, 15) is 4.79 Å². The van der Waals surface area contributed by atoms with Crippen LogP contribution in [0, 0.1) is 13.8 Å². The Hall–Kier alpha value is -2.61. The van der Waals surface area contributed by atoms with Gasteiger partial charge in [0.05, 0.1) is 30.3 Å². The second-order valence-electron chi connectivity index (χ2n) is 6.73. The van der Waals surface area contributed by atoms with Gasteiger partial charge in [-0.1, -0.05) is 12.1 Å². The Balaban J connectivity index is 1.59. The van der Waals surface area contributed by atoms with E-state index in [1.54, 1.807) is 11.3 Å². The van der Waals surface area contributed by atoms with Crippen LogP contribution in [-0.2, 0) is 17.9 Å². The number of hydrogen-bond donors (Lipinski definition) is 3. The van der Waals surface area contributed by atoms with Crippen LogP contribution in [0.2, 0.25) is 0 Å². The fourth-order valence-electron chi connectivity index (χ4n) is 3.08. The molecular weight excluding hydrogens is 372 g/mol. The van der Waals surface area contributed by atoms with Gasteiger partial charge in [0.2, 0.25) is 5.91 Å². The zero-order chi connectivity index (χ0) is 19.9. The lowest BCUT2D eigenvalue weighted by molar-refractivity contribution is -0.120. The van der Waals surface area contributed by atoms with Gasteiger partial charge in [-0.05, 0) is 38.5 Å². The van der Waals surface area contributed by atoms with Gasteiger partial charge in [-0.3, -0.25) is 4.79 Å². The van der Waals surface area contributed by atoms with Crippen molar-refractivity contribution < 1.29 is 4.79 Å². The Morgan fingerprint density at radius 1 is 1.29 bits per heavy atom. The molecule has 0 unspecified atom stereocenters. The third kappa shape index (κ3) is 5.45. The zero-order valence-corrected chi connectivity index (χ0v) is 17.5. The van der Waals surface area contributed by atoms with Crippen molar-refractivity contribution >= 4 is 28.9 Å². The summed E-state index contributed by atoms with van der Waals surface area (Å²) in [6.45, 7) is 10.2. The van der Waals surface area contributed by atoms with E-state index < -0.39 is 0 Å². The number of hydrogen-bond acceptors (Lipinski definition) is 5. The lowest BCUT2D eigenvalue weighted by Crippen LogP contribution is -2.47. The average Bonchev–Trinajstić information content (AvgIpc) is 3.01. The molecular formula is C20H28N6OS. The van der Waals surface area contributed by atoms with E-state index in [-0.39, 0.29) is 5.91 Å². The molecule has 150 valence electrons. The lowest BCUT2D eigenvalue weighted by Gasteiger charge is -2.28. The Labute approximate surface area is 170 Å². The van der Waals surface area contributed by atoms with Crippen molar-refractivity contribution in [1.82, 2.24) is 20.9 Å². The third-order valence-electron chi connectivity index (χ3n) is 4.52. The summed E-state index contributed by atoms with van der Waals surface area (Å²) in [6.07, 6.45) is 0. The first-order chi connectivity index (χ1) is 13.5. The van der Waals surface area contributed by atoms with Crippen molar-refractivity contribution in [3.63, 3.8) is 0 Å². The molecule has 0 radical (unpaired) electrons. The number of aromatic nitrogens is 1. The summed E-state index contributed by atoms with van der Waals surface area (Å²) in [7, 11) is 0. The van der Waals surface area contributed by atoms with Crippen LogP contribution in [-0.4, -0.2) is 43.0 Å². The van der Waals surface area contributed by atoms with Gasteiger partial charge in [0.15, 0.2) is 5.96 Å². The lowest BCUT2D eigenvalue weighted by atomic mass is 10.2. The number of nitrogens with one attached hydrogen (secondary N) is 3. The first-order valence-electron chi connectivity index (χ1n) is 9.61. The molecule has 0 aliphatic carbocycles. The van der Waals surface area contributed by atoms with Crippen molar-refractivity contribution in [2.45, 2.75) is 33.9 Å². The van der Waals surface area contributed by atoms with E-state index in [1.807, 2.05) is 13.8 Å². The van der Waals surface area contributed by atoms with Crippen LogP contribution >= 0.6 is 11.3 Å². The molecule has 1 fully saturated rings. The molecule has 1 saturated heterocycles. The van der Waals surface area contributed by atoms with Gasteiger partial charge in [0.1, 0.15) is 0 Å². The minimum atomic E-state index is 0.0765. The molecule has 0 atom stereocenters. The molecule has 1 amide bonds. The number of piperazine rings is 1. The first kappa shape index (κ1) is 20.1. The summed E-state index contributed by atoms with van der Waals surface area (Å²) in [5.41, 5.74) is 3.28. The molecule has 3 rings (SSSR count). The van der Waals surface area contributed by atoms with Gasteiger partial charge < -0.3 is 20.9 Å². The Morgan fingerprint density at radius 2 is 2.07 bits per heavy atom. The number of carbonyl (C=O) groups is 1. The van der Waals surface area contributed by atoms with Gasteiger partial charge in [0.25, 0.3) is 0 Å². The maximum atomic E-state index is 11.6. The highest BCUT2D eigenvalue weighted by molar-refractivity contribution is 7.11. The quantitative estimate of drug-likeness (QED) is 0.510. The van der Waals surface area contributed by atoms with Gasteiger partial charge in [0, 0.05) is 30.2 Å². The number of benzene rings is 1. The van der Waals surface area contributed by atoms with Crippen LogP contribution in [0.15, 0.2) is 29.3 Å². The largest absolute Gasteiger partial charge is 0.360 e. The maximum absolute atomic E-state index is 11.6. The minimum Gasteiger partial charge on any atom is -0.360 e. The number of aryl methyl sites for hydroxylation is 2. The molecule has 1 aromatic heterocycles. The number of rotatable bonds is 6. The number of aliphatic imine (C=N–C) groups is 1. The zero-order valence-electron chi connectivity index (χ0n) is 16.7. The number of guanidine groups is 1. The smallest absolute Gasteiger partial charge is 0.239 e. The highest BCUT2D eigenvalue weighted by atomic mass is 32.1. The molecule has 8 heteroatoms. The van der Waals surface area contributed by atoms with Crippen LogP contribution < -0.4 is 20.9 Å². The van der Waals surface area contributed by atoms with Gasteiger partial charge in [-0.2, -0.15) is 0 Å². The molecule has 2 aromatic rings. The van der Waals surface area contributed by atoms with Crippen LogP contribution in [0.4, 0.5) is 5.69 Å². The molecule has 28 heavy (non-hydrogen) atoms. The third-order valence-corrected chi connectivity index (χ3v) is 5.59. The summed E-state index contributed by atoms with van der Waals surface area (Å²) in [6, 6.07) is 8.28. The van der Waals surface area contributed by atoms with Gasteiger partial charge >= 0.3 is 0 Å². The standard InChI is InChI=1S/C20H28N6OS/c1-4-21-20(24-12-18-14(2)25-15(3)28-18)23-11-16-5-7-17(8-6-16)26-10-9-22-19(27)13-26/h5-8H,4,9-13H2,1-3H3,(H,22,27)(H2,21,23,24). The van der Waals surface area contributed by atoms with Crippen molar-refractivity contribution in [2.75, 3.05) is 31.1 Å². The molecule has 1 aromatic carbocycles. The summed E-state index contributed by atoms with van der Waals surface area (Å²) >= 11 is 1.71. The van der Waals surface area contributed by atoms with Crippen molar-refractivity contribution in [3.8, 4) is 0 Å². The molecule has 7 nitrogen and oxygen atoms in total. The normalized spacial score (nSPS) is 14.8. The van der Waals surface area contributed by atoms with E-state index >= 15 is 0 Å². The van der Waals surface area contributed by atoms with Gasteiger partial charge in [-0.25, -0.2) is 9.98 Å². The molecule has 2 heterocycles. The first-order valence-corrected chi connectivity index (χ1v) is 10.4. The predicted molar refractivity (Wildman–Crippen MR) is 115 cm³/mol. The number of nitrogens with zero attached hydrogens (tertiary/aromatic N) is 3. The van der Waals surface area contributed by atoms with Crippen molar-refractivity contribution in [1.29, 1.82) is 0 Å². The molecule has 0 spiro atoms. The van der Waals surface area contributed by atoms with E-state index in [0.717, 1.165) is 47.5 Å². The molecule has 0 bridgehead atoms. The summed E-state index contributed by atoms with van der Waals surface area (Å²) < 4.78 is 0. The Morgan fingerprint density at radius 3 is 2.71 bits per heavy atom. The molecule has 1 aliphatic heterocycles. The Kier molecular flexibility index (Phi) is 6.86. The van der Waals surface area contributed by atoms with E-state index in [0.29, 0.717) is 19.6 Å². The fraction of sp³-hybridized carbons (Fsp3) is 0.450.